The van der Waals surface area contributed by atoms with Crippen LogP contribution in [-0.4, -0.2) is 35.6 Å². The highest BCUT2D eigenvalue weighted by atomic mass is 16.3. The highest BCUT2D eigenvalue weighted by molar-refractivity contribution is 5.79. The number of nitrogens with zero attached hydrogens (tertiary/aromatic N) is 1. The Hall–Kier alpha value is -0.570. The van der Waals surface area contributed by atoms with E-state index in [1.54, 1.807) is 0 Å². The summed E-state index contributed by atoms with van der Waals surface area (Å²) in [5, 5.41) is 9.01. The SMILES string of the molecule is CCN(CCO)C(=O)C1CCC2CCCCC2C1. The van der Waals surface area contributed by atoms with Crippen LogP contribution in [0.15, 0.2) is 0 Å². The first-order chi connectivity index (χ1) is 8.76. The van der Waals surface area contributed by atoms with E-state index >= 15 is 0 Å². The van der Waals surface area contributed by atoms with E-state index in [4.69, 9.17) is 5.11 Å². The Labute approximate surface area is 111 Å². The molecule has 2 fully saturated rings. The zero-order chi connectivity index (χ0) is 13.0. The van der Waals surface area contributed by atoms with Crippen LogP contribution in [0.4, 0.5) is 0 Å². The zero-order valence-corrected chi connectivity index (χ0v) is 11.6. The Morgan fingerprint density at radius 3 is 2.56 bits per heavy atom. The van der Waals surface area contributed by atoms with Crippen molar-refractivity contribution in [2.24, 2.45) is 17.8 Å². The fourth-order valence-electron chi connectivity index (χ4n) is 3.90. The molecular formula is C15H27NO2. The lowest BCUT2D eigenvalue weighted by Crippen LogP contribution is -2.41. The van der Waals surface area contributed by atoms with Gasteiger partial charge in [0, 0.05) is 19.0 Å². The average molecular weight is 253 g/mol. The molecule has 3 atom stereocenters. The van der Waals surface area contributed by atoms with Crippen molar-refractivity contribution in [3.05, 3.63) is 0 Å². The summed E-state index contributed by atoms with van der Waals surface area (Å²) in [6.45, 7) is 3.31. The fourth-order valence-corrected chi connectivity index (χ4v) is 3.90. The van der Waals surface area contributed by atoms with Crippen molar-refractivity contribution >= 4 is 5.91 Å². The first kappa shape index (κ1) is 13.9. The van der Waals surface area contributed by atoms with Gasteiger partial charge in [0.15, 0.2) is 0 Å². The van der Waals surface area contributed by atoms with Crippen molar-refractivity contribution in [2.75, 3.05) is 19.7 Å². The van der Waals surface area contributed by atoms with Crippen LogP contribution in [0.5, 0.6) is 0 Å². The number of aliphatic hydroxyl groups is 1. The van der Waals surface area contributed by atoms with E-state index in [1.165, 1.54) is 32.1 Å². The molecular weight excluding hydrogens is 226 g/mol. The third-order valence-electron chi connectivity index (χ3n) is 4.95. The molecule has 0 saturated heterocycles. The molecule has 3 nitrogen and oxygen atoms in total. The molecule has 2 saturated carbocycles. The second-order valence-corrected chi connectivity index (χ2v) is 5.96. The number of fused-ring (bicyclic) bond motifs is 1. The summed E-state index contributed by atoms with van der Waals surface area (Å²) in [5.74, 6) is 2.22. The van der Waals surface area contributed by atoms with E-state index in [-0.39, 0.29) is 18.4 Å². The lowest BCUT2D eigenvalue weighted by molar-refractivity contribution is -0.138. The monoisotopic (exact) mass is 253 g/mol. The summed E-state index contributed by atoms with van der Waals surface area (Å²) in [6, 6.07) is 0. The summed E-state index contributed by atoms with van der Waals surface area (Å²) < 4.78 is 0. The van der Waals surface area contributed by atoms with Crippen LogP contribution in [0.3, 0.4) is 0 Å². The second kappa shape index (κ2) is 6.55. The lowest BCUT2D eigenvalue weighted by Gasteiger charge is -2.40. The summed E-state index contributed by atoms with van der Waals surface area (Å²) in [4.78, 5) is 14.2. The number of hydrogen-bond acceptors (Lipinski definition) is 2. The molecule has 0 bridgehead atoms. The minimum Gasteiger partial charge on any atom is -0.395 e. The van der Waals surface area contributed by atoms with Gasteiger partial charge in [0.05, 0.1) is 6.61 Å². The summed E-state index contributed by atoms with van der Waals surface area (Å²) in [5.41, 5.74) is 0. The van der Waals surface area contributed by atoms with E-state index in [9.17, 15) is 4.79 Å². The highest BCUT2D eigenvalue weighted by Gasteiger charge is 2.36. The average Bonchev–Trinajstić information content (AvgIpc) is 2.43. The molecule has 3 unspecified atom stereocenters. The van der Waals surface area contributed by atoms with Gasteiger partial charge in [-0.2, -0.15) is 0 Å². The number of carbonyl (C=O) groups is 1. The van der Waals surface area contributed by atoms with Crippen LogP contribution in [-0.2, 0) is 4.79 Å². The third-order valence-corrected chi connectivity index (χ3v) is 4.95. The maximum atomic E-state index is 12.4. The third kappa shape index (κ3) is 3.05. The maximum absolute atomic E-state index is 12.4. The van der Waals surface area contributed by atoms with Crippen LogP contribution in [0.25, 0.3) is 0 Å². The topological polar surface area (TPSA) is 40.5 Å². The predicted molar refractivity (Wildman–Crippen MR) is 72.1 cm³/mol. The first-order valence-electron chi connectivity index (χ1n) is 7.66. The summed E-state index contributed by atoms with van der Waals surface area (Å²) >= 11 is 0. The molecule has 0 aliphatic heterocycles. The number of hydrogen-bond donors (Lipinski definition) is 1. The highest BCUT2D eigenvalue weighted by Crippen LogP contribution is 2.43. The molecule has 1 N–H and O–H groups in total. The largest absolute Gasteiger partial charge is 0.395 e. The minimum absolute atomic E-state index is 0.0817. The van der Waals surface area contributed by atoms with Gasteiger partial charge in [0.2, 0.25) is 5.91 Å². The van der Waals surface area contributed by atoms with Crippen LogP contribution in [0.1, 0.15) is 51.9 Å². The van der Waals surface area contributed by atoms with Gasteiger partial charge < -0.3 is 10.0 Å². The van der Waals surface area contributed by atoms with Crippen molar-refractivity contribution in [1.82, 2.24) is 4.90 Å². The van der Waals surface area contributed by atoms with Crippen molar-refractivity contribution in [2.45, 2.75) is 51.9 Å². The van der Waals surface area contributed by atoms with Crippen molar-refractivity contribution < 1.29 is 9.90 Å². The van der Waals surface area contributed by atoms with Gasteiger partial charge in [-0.05, 0) is 38.0 Å². The Morgan fingerprint density at radius 1 is 1.17 bits per heavy atom. The number of rotatable bonds is 4. The standard InChI is InChI=1S/C15H27NO2/c1-2-16(9-10-17)15(18)14-8-7-12-5-3-4-6-13(12)11-14/h12-14,17H,2-11H2,1H3. The minimum atomic E-state index is 0.0817. The van der Waals surface area contributed by atoms with Gasteiger partial charge in [-0.3, -0.25) is 4.79 Å². The number of likely N-dealkylation sites (N-methyl/N-ethyl adjacent to an activating group) is 1. The van der Waals surface area contributed by atoms with E-state index in [2.05, 4.69) is 0 Å². The van der Waals surface area contributed by atoms with Crippen molar-refractivity contribution in [3.8, 4) is 0 Å². The van der Waals surface area contributed by atoms with Gasteiger partial charge in [-0.25, -0.2) is 0 Å². The van der Waals surface area contributed by atoms with E-state index in [0.717, 1.165) is 31.2 Å². The Kier molecular flexibility index (Phi) is 5.04. The van der Waals surface area contributed by atoms with Gasteiger partial charge in [0.1, 0.15) is 0 Å². The van der Waals surface area contributed by atoms with Crippen LogP contribution in [0.2, 0.25) is 0 Å². The van der Waals surface area contributed by atoms with Crippen molar-refractivity contribution in [3.63, 3.8) is 0 Å². The fraction of sp³-hybridized carbons (Fsp3) is 0.933. The van der Waals surface area contributed by atoms with Gasteiger partial charge >= 0.3 is 0 Å². The Bertz CT molecular complexity index is 280. The molecule has 2 rings (SSSR count). The van der Waals surface area contributed by atoms with Gasteiger partial charge in [0.25, 0.3) is 0 Å². The lowest BCUT2D eigenvalue weighted by atomic mass is 9.67. The predicted octanol–water partition coefficient (Wildman–Crippen LogP) is 2.43. The van der Waals surface area contributed by atoms with E-state index in [0.29, 0.717) is 6.54 Å². The van der Waals surface area contributed by atoms with Crippen LogP contribution in [0, 0.1) is 17.8 Å². The smallest absolute Gasteiger partial charge is 0.225 e. The molecule has 2 aliphatic rings. The molecule has 0 aromatic carbocycles. The Morgan fingerprint density at radius 2 is 1.89 bits per heavy atom. The van der Waals surface area contributed by atoms with E-state index < -0.39 is 0 Å². The van der Waals surface area contributed by atoms with Crippen LogP contribution < -0.4 is 0 Å². The summed E-state index contributed by atoms with van der Waals surface area (Å²) in [6.07, 6.45) is 8.90. The van der Waals surface area contributed by atoms with Gasteiger partial charge in [-0.1, -0.05) is 25.7 Å². The normalized spacial score (nSPS) is 31.8. The molecule has 0 aromatic heterocycles. The molecule has 0 spiro atoms. The van der Waals surface area contributed by atoms with Gasteiger partial charge in [-0.15, -0.1) is 0 Å². The quantitative estimate of drug-likeness (QED) is 0.836. The Balaban J connectivity index is 1.91. The zero-order valence-electron chi connectivity index (χ0n) is 11.6. The first-order valence-corrected chi connectivity index (χ1v) is 7.66. The molecule has 0 aromatic rings. The summed E-state index contributed by atoms with van der Waals surface area (Å²) in [7, 11) is 0. The molecule has 104 valence electrons. The number of aliphatic hydroxyl groups excluding tert-OH is 1. The second-order valence-electron chi connectivity index (χ2n) is 5.96. The molecule has 0 radical (unpaired) electrons. The molecule has 1 amide bonds. The van der Waals surface area contributed by atoms with E-state index in [1.807, 2.05) is 11.8 Å². The maximum Gasteiger partial charge on any atom is 0.225 e. The number of carbonyl (C=O) groups excluding carboxylic acids is 1. The molecule has 18 heavy (non-hydrogen) atoms. The van der Waals surface area contributed by atoms with Crippen molar-refractivity contribution in [1.29, 1.82) is 0 Å². The van der Waals surface area contributed by atoms with Crippen LogP contribution >= 0.6 is 0 Å². The molecule has 2 aliphatic carbocycles. The molecule has 3 heteroatoms. The molecule has 0 heterocycles. The number of amides is 1.